The lowest BCUT2D eigenvalue weighted by Crippen LogP contribution is -2.30. The average Bonchev–Trinajstić information content (AvgIpc) is 3.40. The van der Waals surface area contributed by atoms with Gasteiger partial charge in [-0.3, -0.25) is 4.98 Å². The number of nitrogens with zero attached hydrogens (tertiary/aromatic N) is 3. The summed E-state index contributed by atoms with van der Waals surface area (Å²) in [6, 6.07) is 27.3. The monoisotopic (exact) mass is 424 g/mol. The number of aryl methyl sites for hydroxylation is 2. The molecule has 4 aromatic rings. The number of hydrogen-bond donors (Lipinski definition) is 1. The average molecular weight is 425 g/mol. The first-order chi connectivity index (χ1) is 15.1. The molecule has 1 saturated heterocycles. The highest BCUT2D eigenvalue weighted by molar-refractivity contribution is 7.80. The fourth-order valence-electron chi connectivity index (χ4n) is 4.21. The second-order valence-electron chi connectivity index (χ2n) is 7.97. The molecular weight excluding hydrogens is 400 g/mol. The summed E-state index contributed by atoms with van der Waals surface area (Å²) in [7, 11) is 0. The molecule has 1 aliphatic heterocycles. The van der Waals surface area contributed by atoms with Gasteiger partial charge in [0.05, 0.1) is 11.7 Å². The SMILES string of the molecule is Cc1ccc(N2C(=S)NC(c3ccccn3)C2c2cccn2-c2ccc(C)cc2)cc1. The van der Waals surface area contributed by atoms with E-state index in [0.29, 0.717) is 5.11 Å². The lowest BCUT2D eigenvalue weighted by atomic mass is 10.0. The smallest absolute Gasteiger partial charge is 0.174 e. The molecule has 2 aromatic heterocycles. The van der Waals surface area contributed by atoms with Crippen molar-refractivity contribution < 1.29 is 0 Å². The van der Waals surface area contributed by atoms with Gasteiger partial charge in [0.1, 0.15) is 6.04 Å². The van der Waals surface area contributed by atoms with E-state index in [1.54, 1.807) is 0 Å². The third-order valence-electron chi connectivity index (χ3n) is 5.81. The van der Waals surface area contributed by atoms with Gasteiger partial charge in [-0.1, -0.05) is 41.5 Å². The van der Waals surface area contributed by atoms with Gasteiger partial charge in [-0.05, 0) is 74.6 Å². The maximum atomic E-state index is 5.84. The van der Waals surface area contributed by atoms with E-state index in [-0.39, 0.29) is 12.1 Å². The Balaban J connectivity index is 1.66. The molecule has 2 unspecified atom stereocenters. The topological polar surface area (TPSA) is 33.1 Å². The largest absolute Gasteiger partial charge is 0.351 e. The zero-order valence-electron chi connectivity index (χ0n) is 17.6. The van der Waals surface area contributed by atoms with Gasteiger partial charge in [0.2, 0.25) is 0 Å². The van der Waals surface area contributed by atoms with E-state index < -0.39 is 0 Å². The molecule has 5 rings (SSSR count). The molecular formula is C26H24N4S. The standard InChI is InChI=1S/C26H24N4S/c1-18-8-12-20(13-9-18)29-17-5-7-23(29)25-24(22-6-3-4-16-27-22)28-26(31)30(25)21-14-10-19(2)11-15-21/h3-17,24-25H,1-2H3,(H,28,31). The maximum absolute atomic E-state index is 5.84. The van der Waals surface area contributed by atoms with Gasteiger partial charge in [0, 0.05) is 29.5 Å². The number of hydrogen-bond acceptors (Lipinski definition) is 2. The van der Waals surface area contributed by atoms with Crippen LogP contribution < -0.4 is 10.2 Å². The van der Waals surface area contributed by atoms with E-state index in [1.807, 2.05) is 18.3 Å². The summed E-state index contributed by atoms with van der Waals surface area (Å²) in [5.41, 5.74) is 6.81. The molecule has 0 saturated carbocycles. The van der Waals surface area contributed by atoms with E-state index in [4.69, 9.17) is 12.2 Å². The molecule has 1 aliphatic rings. The Morgan fingerprint density at radius 2 is 1.48 bits per heavy atom. The van der Waals surface area contributed by atoms with Gasteiger partial charge in [-0.15, -0.1) is 0 Å². The van der Waals surface area contributed by atoms with Crippen LogP contribution in [0.4, 0.5) is 5.69 Å². The molecule has 2 atom stereocenters. The molecule has 0 amide bonds. The van der Waals surface area contributed by atoms with Crippen LogP contribution in [0.15, 0.2) is 91.3 Å². The number of thiocarbonyl (C=S) groups is 1. The normalized spacial score (nSPS) is 18.3. The van der Waals surface area contributed by atoms with E-state index in [9.17, 15) is 0 Å². The maximum Gasteiger partial charge on any atom is 0.174 e. The number of aromatic nitrogens is 2. The lowest BCUT2D eigenvalue weighted by molar-refractivity contribution is 0.549. The Bertz CT molecular complexity index is 1200. The van der Waals surface area contributed by atoms with Crippen molar-refractivity contribution in [2.75, 3.05) is 4.90 Å². The molecule has 1 N–H and O–H groups in total. The van der Waals surface area contributed by atoms with Crippen molar-refractivity contribution in [3.63, 3.8) is 0 Å². The summed E-state index contributed by atoms with van der Waals surface area (Å²) >= 11 is 5.84. The van der Waals surface area contributed by atoms with Crippen molar-refractivity contribution >= 4 is 23.0 Å². The summed E-state index contributed by atoms with van der Waals surface area (Å²) in [5.74, 6) is 0. The number of benzene rings is 2. The first-order valence-electron chi connectivity index (χ1n) is 10.4. The first kappa shape index (κ1) is 19.5. The summed E-state index contributed by atoms with van der Waals surface area (Å²) < 4.78 is 2.25. The summed E-state index contributed by atoms with van der Waals surface area (Å²) in [6.45, 7) is 4.21. The molecule has 0 aliphatic carbocycles. The molecule has 3 heterocycles. The lowest BCUT2D eigenvalue weighted by Gasteiger charge is -2.29. The summed E-state index contributed by atoms with van der Waals surface area (Å²) in [6.07, 6.45) is 3.95. The third kappa shape index (κ3) is 3.62. The van der Waals surface area contributed by atoms with Crippen LogP contribution in [0.5, 0.6) is 0 Å². The number of nitrogens with one attached hydrogen (secondary N) is 1. The first-order valence-corrected chi connectivity index (χ1v) is 10.8. The highest BCUT2D eigenvalue weighted by atomic mass is 32.1. The molecule has 0 radical (unpaired) electrons. The van der Waals surface area contributed by atoms with Crippen molar-refractivity contribution in [2.24, 2.45) is 0 Å². The van der Waals surface area contributed by atoms with Crippen LogP contribution in [-0.4, -0.2) is 14.7 Å². The Kier molecular flexibility index (Phi) is 5.04. The highest BCUT2D eigenvalue weighted by Crippen LogP contribution is 2.42. The Morgan fingerprint density at radius 1 is 0.806 bits per heavy atom. The highest BCUT2D eigenvalue weighted by Gasteiger charge is 2.42. The van der Waals surface area contributed by atoms with Crippen LogP contribution in [0.1, 0.15) is 34.6 Å². The molecule has 5 heteroatoms. The third-order valence-corrected chi connectivity index (χ3v) is 6.12. The summed E-state index contributed by atoms with van der Waals surface area (Å²) in [4.78, 5) is 6.87. The fraction of sp³-hybridized carbons (Fsp3) is 0.154. The van der Waals surface area contributed by atoms with Gasteiger partial charge >= 0.3 is 0 Å². The van der Waals surface area contributed by atoms with Gasteiger partial charge in [-0.25, -0.2) is 0 Å². The van der Waals surface area contributed by atoms with E-state index >= 15 is 0 Å². The van der Waals surface area contributed by atoms with Crippen molar-refractivity contribution in [1.82, 2.24) is 14.9 Å². The van der Waals surface area contributed by atoms with Crippen LogP contribution >= 0.6 is 12.2 Å². The van der Waals surface area contributed by atoms with Crippen molar-refractivity contribution in [2.45, 2.75) is 25.9 Å². The van der Waals surface area contributed by atoms with E-state index in [0.717, 1.165) is 22.8 Å². The minimum Gasteiger partial charge on any atom is -0.351 e. The molecule has 31 heavy (non-hydrogen) atoms. The van der Waals surface area contributed by atoms with Crippen molar-refractivity contribution in [3.8, 4) is 5.69 Å². The number of anilines is 1. The zero-order valence-corrected chi connectivity index (χ0v) is 18.4. The Labute approximate surface area is 188 Å². The van der Waals surface area contributed by atoms with Crippen molar-refractivity contribution in [1.29, 1.82) is 0 Å². The van der Waals surface area contributed by atoms with Crippen LogP contribution in [-0.2, 0) is 0 Å². The predicted octanol–water partition coefficient (Wildman–Crippen LogP) is 5.67. The zero-order chi connectivity index (χ0) is 21.4. The van der Waals surface area contributed by atoms with Gasteiger partial charge in [0.15, 0.2) is 5.11 Å². The van der Waals surface area contributed by atoms with Crippen LogP contribution in [0, 0.1) is 13.8 Å². The van der Waals surface area contributed by atoms with Crippen LogP contribution in [0.3, 0.4) is 0 Å². The van der Waals surface area contributed by atoms with Crippen LogP contribution in [0.2, 0.25) is 0 Å². The second-order valence-corrected chi connectivity index (χ2v) is 8.36. The Hall–Kier alpha value is -3.44. The molecule has 2 aromatic carbocycles. The number of pyridine rings is 1. The second kappa shape index (κ2) is 8.00. The van der Waals surface area contributed by atoms with Crippen LogP contribution in [0.25, 0.3) is 5.69 Å². The van der Waals surface area contributed by atoms with Gasteiger partial charge < -0.3 is 14.8 Å². The van der Waals surface area contributed by atoms with Crippen molar-refractivity contribution in [3.05, 3.63) is 114 Å². The molecule has 0 spiro atoms. The Morgan fingerprint density at radius 3 is 2.13 bits per heavy atom. The minimum atomic E-state index is -0.0610. The quantitative estimate of drug-likeness (QED) is 0.428. The minimum absolute atomic E-state index is 0.0404. The molecule has 1 fully saturated rings. The fourth-order valence-corrected chi connectivity index (χ4v) is 4.56. The molecule has 0 bridgehead atoms. The number of rotatable bonds is 4. The van der Waals surface area contributed by atoms with Gasteiger partial charge in [-0.2, -0.15) is 0 Å². The van der Waals surface area contributed by atoms with E-state index in [2.05, 4.69) is 107 Å². The van der Waals surface area contributed by atoms with E-state index in [1.165, 1.54) is 11.1 Å². The molecule has 4 nitrogen and oxygen atoms in total. The molecule has 154 valence electrons. The van der Waals surface area contributed by atoms with Gasteiger partial charge in [0.25, 0.3) is 0 Å². The predicted molar refractivity (Wildman–Crippen MR) is 130 cm³/mol. The summed E-state index contributed by atoms with van der Waals surface area (Å²) in [5, 5.41) is 4.25.